The Hall–Kier alpha value is -2.87. The molecule has 8 heteroatoms. The van der Waals surface area contributed by atoms with Gasteiger partial charge in [-0.05, 0) is 49.6 Å². The topological polar surface area (TPSA) is 85.9 Å². The van der Waals surface area contributed by atoms with E-state index in [1.54, 1.807) is 44.2 Å². The van der Waals surface area contributed by atoms with Gasteiger partial charge in [0.05, 0.1) is 20.3 Å². The van der Waals surface area contributed by atoms with Crippen LogP contribution in [0.5, 0.6) is 17.2 Å². The van der Waals surface area contributed by atoms with Crippen LogP contribution in [0.1, 0.15) is 24.9 Å². The van der Waals surface area contributed by atoms with E-state index in [4.69, 9.17) is 14.2 Å². The van der Waals surface area contributed by atoms with Crippen LogP contribution in [-0.4, -0.2) is 50.7 Å². The number of ether oxygens (including phenoxy) is 3. The van der Waals surface area contributed by atoms with Gasteiger partial charge < -0.3 is 24.8 Å². The lowest BCUT2D eigenvalue weighted by Gasteiger charge is -2.23. The van der Waals surface area contributed by atoms with E-state index in [0.29, 0.717) is 23.7 Å². The number of thioether (sulfide) groups is 1. The van der Waals surface area contributed by atoms with E-state index in [9.17, 15) is 9.59 Å². The number of carbonyl (C=O) groups excluding carboxylic acids is 2. The molecule has 7 nitrogen and oxygen atoms in total. The quantitative estimate of drug-likeness (QED) is 0.521. The number of rotatable bonds is 12. The van der Waals surface area contributed by atoms with Crippen molar-refractivity contribution in [2.45, 2.75) is 25.4 Å². The third-order valence-corrected chi connectivity index (χ3v) is 5.29. The minimum Gasteiger partial charge on any atom is -0.497 e. The fourth-order valence-electron chi connectivity index (χ4n) is 2.97. The van der Waals surface area contributed by atoms with Crippen LogP contribution in [0.15, 0.2) is 48.5 Å². The van der Waals surface area contributed by atoms with E-state index in [1.807, 2.05) is 43.5 Å². The van der Waals surface area contributed by atoms with Gasteiger partial charge in [-0.2, -0.15) is 11.8 Å². The highest BCUT2D eigenvalue weighted by atomic mass is 32.2. The summed E-state index contributed by atoms with van der Waals surface area (Å²) in [5.41, 5.74) is 0.819. The van der Waals surface area contributed by atoms with Gasteiger partial charge in [-0.15, -0.1) is 0 Å². The molecule has 2 N–H and O–H groups in total. The summed E-state index contributed by atoms with van der Waals surface area (Å²) >= 11 is 1.61. The van der Waals surface area contributed by atoms with E-state index in [-0.39, 0.29) is 24.5 Å². The van der Waals surface area contributed by atoms with E-state index in [0.717, 1.165) is 11.3 Å². The maximum absolute atomic E-state index is 12.9. The Bertz CT molecular complexity index is 847. The summed E-state index contributed by atoms with van der Waals surface area (Å²) in [6.07, 6.45) is 2.47. The largest absolute Gasteiger partial charge is 0.497 e. The van der Waals surface area contributed by atoms with E-state index in [1.165, 1.54) is 0 Å². The van der Waals surface area contributed by atoms with Gasteiger partial charge in [0.15, 0.2) is 6.61 Å². The summed E-state index contributed by atoms with van der Waals surface area (Å²) in [5.74, 6) is 2.02. The minimum absolute atomic E-state index is 0.158. The Kier molecular flexibility index (Phi) is 10.0. The third kappa shape index (κ3) is 7.71. The van der Waals surface area contributed by atoms with Crippen LogP contribution >= 0.6 is 11.8 Å². The molecule has 0 aliphatic rings. The summed E-state index contributed by atoms with van der Waals surface area (Å²) in [6.45, 7) is 1.71. The molecule has 0 aliphatic heterocycles. The van der Waals surface area contributed by atoms with Gasteiger partial charge >= 0.3 is 0 Å². The fraction of sp³-hybridized carbons (Fsp3) is 0.391. The lowest BCUT2D eigenvalue weighted by Crippen LogP contribution is -2.48. The molecule has 2 rings (SSSR count). The number of para-hydroxylation sites is 1. The first kappa shape index (κ1) is 24.4. The molecule has 0 aliphatic carbocycles. The van der Waals surface area contributed by atoms with Gasteiger partial charge in [0, 0.05) is 11.6 Å². The Balaban J connectivity index is 2.00. The number of methoxy groups -OCH3 is 2. The summed E-state index contributed by atoms with van der Waals surface area (Å²) in [6, 6.07) is 13.5. The second-order valence-electron chi connectivity index (χ2n) is 6.84. The monoisotopic (exact) mass is 446 g/mol. The molecule has 0 radical (unpaired) electrons. The lowest BCUT2D eigenvalue weighted by molar-refractivity contribution is -0.130. The molecule has 0 spiro atoms. The lowest BCUT2D eigenvalue weighted by atomic mass is 10.1. The van der Waals surface area contributed by atoms with Crippen molar-refractivity contribution in [3.63, 3.8) is 0 Å². The van der Waals surface area contributed by atoms with Crippen LogP contribution < -0.4 is 24.8 Å². The van der Waals surface area contributed by atoms with Crippen LogP contribution in [-0.2, 0) is 9.59 Å². The number of hydrogen-bond acceptors (Lipinski definition) is 6. The molecule has 31 heavy (non-hydrogen) atoms. The Morgan fingerprint density at radius 3 is 2.39 bits per heavy atom. The van der Waals surface area contributed by atoms with Crippen molar-refractivity contribution >= 4 is 23.6 Å². The highest BCUT2D eigenvalue weighted by molar-refractivity contribution is 7.98. The van der Waals surface area contributed by atoms with E-state index in [2.05, 4.69) is 10.6 Å². The number of carbonyl (C=O) groups is 2. The first-order valence-electron chi connectivity index (χ1n) is 9.97. The van der Waals surface area contributed by atoms with Crippen LogP contribution in [0, 0.1) is 0 Å². The van der Waals surface area contributed by atoms with Gasteiger partial charge in [0.25, 0.3) is 5.91 Å². The normalized spacial score (nSPS) is 12.4. The summed E-state index contributed by atoms with van der Waals surface area (Å²) < 4.78 is 16.1. The standard InChI is InChI=1S/C23H30N2O5S/c1-16(19-11-10-18(28-2)14-21(19)29-3)24-23(27)20(12-13-31-4)25-22(26)15-30-17-8-6-5-7-9-17/h5-11,14,16,20H,12-13,15H2,1-4H3,(H,24,27)(H,25,26). The van der Waals surface area contributed by atoms with Crippen molar-refractivity contribution in [3.05, 3.63) is 54.1 Å². The number of hydrogen-bond donors (Lipinski definition) is 2. The van der Waals surface area contributed by atoms with E-state index < -0.39 is 6.04 Å². The maximum Gasteiger partial charge on any atom is 0.258 e. The summed E-state index contributed by atoms with van der Waals surface area (Å²) in [7, 11) is 3.15. The Morgan fingerprint density at radius 1 is 1.00 bits per heavy atom. The molecule has 0 saturated carbocycles. The second kappa shape index (κ2) is 12.7. The molecule has 0 fully saturated rings. The molecule has 0 heterocycles. The van der Waals surface area contributed by atoms with Crippen molar-refractivity contribution in [1.29, 1.82) is 0 Å². The van der Waals surface area contributed by atoms with Gasteiger partial charge in [0.1, 0.15) is 23.3 Å². The molecular weight excluding hydrogens is 416 g/mol. The average molecular weight is 447 g/mol. The second-order valence-corrected chi connectivity index (χ2v) is 7.83. The third-order valence-electron chi connectivity index (χ3n) is 4.64. The number of nitrogens with one attached hydrogen (secondary N) is 2. The zero-order chi connectivity index (χ0) is 22.6. The Labute approximate surface area is 187 Å². The zero-order valence-corrected chi connectivity index (χ0v) is 19.2. The van der Waals surface area contributed by atoms with Crippen LogP contribution in [0.25, 0.3) is 0 Å². The predicted molar refractivity (Wildman–Crippen MR) is 123 cm³/mol. The molecule has 2 aromatic carbocycles. The molecule has 2 aromatic rings. The first-order valence-corrected chi connectivity index (χ1v) is 11.4. The van der Waals surface area contributed by atoms with Crippen LogP contribution in [0.4, 0.5) is 0 Å². The van der Waals surface area contributed by atoms with Crippen molar-refractivity contribution in [3.8, 4) is 17.2 Å². The SMILES string of the molecule is COc1ccc(C(C)NC(=O)C(CCSC)NC(=O)COc2ccccc2)c(OC)c1. The highest BCUT2D eigenvalue weighted by Crippen LogP contribution is 2.29. The smallest absolute Gasteiger partial charge is 0.258 e. The van der Waals surface area contributed by atoms with E-state index >= 15 is 0 Å². The van der Waals surface area contributed by atoms with Crippen molar-refractivity contribution in [2.24, 2.45) is 0 Å². The molecule has 2 atom stereocenters. The molecular formula is C23H30N2O5S. The fourth-order valence-corrected chi connectivity index (χ4v) is 3.45. The van der Waals surface area contributed by atoms with Gasteiger partial charge in [-0.3, -0.25) is 9.59 Å². The number of amides is 2. The van der Waals surface area contributed by atoms with Crippen molar-refractivity contribution < 1.29 is 23.8 Å². The maximum atomic E-state index is 12.9. The zero-order valence-electron chi connectivity index (χ0n) is 18.3. The summed E-state index contributed by atoms with van der Waals surface area (Å²) in [4.78, 5) is 25.3. The van der Waals surface area contributed by atoms with Gasteiger partial charge in [-0.25, -0.2) is 0 Å². The molecule has 0 bridgehead atoms. The molecule has 168 valence electrons. The van der Waals surface area contributed by atoms with Crippen LogP contribution in [0.3, 0.4) is 0 Å². The predicted octanol–water partition coefficient (Wildman–Crippen LogP) is 3.20. The molecule has 2 amide bonds. The summed E-state index contributed by atoms with van der Waals surface area (Å²) in [5, 5.41) is 5.76. The van der Waals surface area contributed by atoms with Crippen molar-refractivity contribution in [2.75, 3.05) is 32.8 Å². The minimum atomic E-state index is -0.661. The molecule has 0 saturated heterocycles. The van der Waals surface area contributed by atoms with Gasteiger partial charge in [-0.1, -0.05) is 18.2 Å². The average Bonchev–Trinajstić information content (AvgIpc) is 2.80. The first-order chi connectivity index (χ1) is 15.0. The van der Waals surface area contributed by atoms with Crippen molar-refractivity contribution in [1.82, 2.24) is 10.6 Å². The van der Waals surface area contributed by atoms with Gasteiger partial charge in [0.2, 0.25) is 5.91 Å². The molecule has 0 aromatic heterocycles. The highest BCUT2D eigenvalue weighted by Gasteiger charge is 2.23. The molecule has 2 unspecified atom stereocenters. The number of benzene rings is 2. The Morgan fingerprint density at radius 2 is 1.74 bits per heavy atom. The van der Waals surface area contributed by atoms with Crippen LogP contribution in [0.2, 0.25) is 0 Å².